The minimum absolute atomic E-state index is 0.134. The molecule has 1 saturated heterocycles. The van der Waals surface area contributed by atoms with Gasteiger partial charge in [0, 0.05) is 13.1 Å². The predicted molar refractivity (Wildman–Crippen MR) is 71.8 cm³/mol. The second-order valence-corrected chi connectivity index (χ2v) is 5.87. The molecule has 0 aromatic rings. The summed E-state index contributed by atoms with van der Waals surface area (Å²) >= 11 is 0. The highest BCUT2D eigenvalue weighted by atomic mass is 16.4. The number of carboxylic acids is 1. The number of aliphatic carboxylic acids is 1. The Kier molecular flexibility index (Phi) is 4.30. The molecule has 0 aromatic heterocycles. The summed E-state index contributed by atoms with van der Waals surface area (Å²) in [5.74, 6) is -2.05. The van der Waals surface area contributed by atoms with Crippen LogP contribution < -0.4 is 5.32 Å². The van der Waals surface area contributed by atoms with Crippen molar-refractivity contribution < 1.29 is 19.5 Å². The molecule has 6 heteroatoms. The van der Waals surface area contributed by atoms with Crippen molar-refractivity contribution in [2.24, 2.45) is 17.8 Å². The molecule has 1 aliphatic heterocycles. The minimum atomic E-state index is -0.901. The first-order valence-corrected chi connectivity index (χ1v) is 7.26. The maximum absolute atomic E-state index is 12.7. The summed E-state index contributed by atoms with van der Waals surface area (Å²) in [6.07, 6.45) is 1.70. The number of carbonyl (C=O) groups is 3. The van der Waals surface area contributed by atoms with Gasteiger partial charge in [0.05, 0.1) is 11.8 Å². The fourth-order valence-electron chi connectivity index (χ4n) is 3.43. The lowest BCUT2D eigenvalue weighted by atomic mass is 9.93. The molecule has 6 nitrogen and oxygen atoms in total. The van der Waals surface area contributed by atoms with E-state index in [1.165, 1.54) is 0 Å². The first-order valence-electron chi connectivity index (χ1n) is 7.26. The Hall–Kier alpha value is -1.59. The number of amides is 2. The number of hydrogen-bond donors (Lipinski definition) is 2. The Morgan fingerprint density at radius 1 is 1.35 bits per heavy atom. The minimum Gasteiger partial charge on any atom is -0.481 e. The van der Waals surface area contributed by atoms with Gasteiger partial charge in [0.25, 0.3) is 0 Å². The number of hydrogen-bond acceptors (Lipinski definition) is 3. The zero-order valence-electron chi connectivity index (χ0n) is 12.0. The van der Waals surface area contributed by atoms with E-state index >= 15 is 0 Å². The Labute approximate surface area is 118 Å². The van der Waals surface area contributed by atoms with Crippen LogP contribution in [0.25, 0.3) is 0 Å². The van der Waals surface area contributed by atoms with Crippen molar-refractivity contribution in [1.82, 2.24) is 10.2 Å². The average Bonchev–Trinajstić information content (AvgIpc) is 2.80. The van der Waals surface area contributed by atoms with Crippen LogP contribution in [0.1, 0.15) is 33.1 Å². The summed E-state index contributed by atoms with van der Waals surface area (Å²) in [6.45, 7) is 4.76. The van der Waals surface area contributed by atoms with E-state index in [1.54, 1.807) is 4.90 Å². The van der Waals surface area contributed by atoms with Gasteiger partial charge < -0.3 is 15.3 Å². The average molecular weight is 282 g/mol. The third kappa shape index (κ3) is 2.64. The Morgan fingerprint density at radius 2 is 2.00 bits per heavy atom. The molecule has 112 valence electrons. The van der Waals surface area contributed by atoms with Crippen LogP contribution in [0, 0.1) is 17.8 Å². The molecule has 2 aliphatic rings. The molecular formula is C14H22N2O4. The van der Waals surface area contributed by atoms with Crippen LogP contribution in [0.5, 0.6) is 0 Å². The Bertz CT molecular complexity index is 417. The zero-order valence-corrected chi connectivity index (χ0v) is 12.0. The van der Waals surface area contributed by atoms with E-state index < -0.39 is 23.8 Å². The molecule has 4 atom stereocenters. The Balaban J connectivity index is 2.16. The van der Waals surface area contributed by atoms with Crippen LogP contribution >= 0.6 is 0 Å². The largest absolute Gasteiger partial charge is 0.481 e. The van der Waals surface area contributed by atoms with Crippen molar-refractivity contribution in [3.63, 3.8) is 0 Å². The van der Waals surface area contributed by atoms with Crippen molar-refractivity contribution in [3.8, 4) is 0 Å². The molecule has 2 fully saturated rings. The summed E-state index contributed by atoms with van der Waals surface area (Å²) in [5, 5.41) is 12.0. The molecule has 4 unspecified atom stereocenters. The van der Waals surface area contributed by atoms with E-state index in [1.807, 2.05) is 13.8 Å². The normalized spacial score (nSPS) is 33.9. The van der Waals surface area contributed by atoms with Gasteiger partial charge in [0.1, 0.15) is 6.04 Å². The summed E-state index contributed by atoms with van der Waals surface area (Å²) < 4.78 is 0. The maximum Gasteiger partial charge on any atom is 0.307 e. The maximum atomic E-state index is 12.7. The molecule has 0 spiro atoms. The number of rotatable bonds is 3. The molecule has 0 radical (unpaired) electrons. The van der Waals surface area contributed by atoms with Crippen LogP contribution in [0.4, 0.5) is 0 Å². The van der Waals surface area contributed by atoms with Crippen LogP contribution in [-0.2, 0) is 14.4 Å². The van der Waals surface area contributed by atoms with Gasteiger partial charge in [-0.3, -0.25) is 14.4 Å². The van der Waals surface area contributed by atoms with Gasteiger partial charge in [0.15, 0.2) is 0 Å². The van der Waals surface area contributed by atoms with Crippen molar-refractivity contribution >= 4 is 17.8 Å². The van der Waals surface area contributed by atoms with Gasteiger partial charge in [0.2, 0.25) is 11.8 Å². The molecule has 1 aliphatic carbocycles. The molecule has 1 saturated carbocycles. The Morgan fingerprint density at radius 3 is 2.60 bits per heavy atom. The van der Waals surface area contributed by atoms with Gasteiger partial charge in [-0.25, -0.2) is 0 Å². The van der Waals surface area contributed by atoms with E-state index in [-0.39, 0.29) is 17.7 Å². The van der Waals surface area contributed by atoms with Gasteiger partial charge in [-0.2, -0.15) is 0 Å². The van der Waals surface area contributed by atoms with Crippen molar-refractivity contribution in [3.05, 3.63) is 0 Å². The quantitative estimate of drug-likeness (QED) is 0.788. The molecule has 2 amide bonds. The summed E-state index contributed by atoms with van der Waals surface area (Å²) in [4.78, 5) is 37.4. The second kappa shape index (κ2) is 5.81. The van der Waals surface area contributed by atoms with E-state index in [0.29, 0.717) is 32.4 Å². The third-order valence-electron chi connectivity index (χ3n) is 4.43. The standard InChI is InChI=1S/C14H22N2O4/c1-3-11-12(17)15-4-5-16(11)13(18)9-6-8(2)7-10(9)14(19)20/h8-11H,3-7H2,1-2H3,(H,15,17)(H,19,20). The van der Waals surface area contributed by atoms with Crippen LogP contribution in [-0.4, -0.2) is 46.9 Å². The lowest BCUT2D eigenvalue weighted by molar-refractivity contribution is -0.152. The van der Waals surface area contributed by atoms with Crippen molar-refractivity contribution in [2.75, 3.05) is 13.1 Å². The first kappa shape index (κ1) is 14.8. The number of piperazine rings is 1. The molecule has 20 heavy (non-hydrogen) atoms. The van der Waals surface area contributed by atoms with Crippen LogP contribution in [0.15, 0.2) is 0 Å². The van der Waals surface area contributed by atoms with E-state index in [9.17, 15) is 19.5 Å². The lowest BCUT2D eigenvalue weighted by Crippen LogP contribution is -2.58. The fourth-order valence-corrected chi connectivity index (χ4v) is 3.43. The highest BCUT2D eigenvalue weighted by Crippen LogP contribution is 2.38. The van der Waals surface area contributed by atoms with Gasteiger partial charge in [-0.1, -0.05) is 13.8 Å². The molecule has 2 N–H and O–H groups in total. The molecule has 0 bridgehead atoms. The number of nitrogens with zero attached hydrogens (tertiary/aromatic N) is 1. The topological polar surface area (TPSA) is 86.7 Å². The third-order valence-corrected chi connectivity index (χ3v) is 4.43. The predicted octanol–water partition coefficient (Wildman–Crippen LogP) is 0.470. The highest BCUT2D eigenvalue weighted by molar-refractivity contribution is 5.91. The lowest BCUT2D eigenvalue weighted by Gasteiger charge is -2.36. The summed E-state index contributed by atoms with van der Waals surface area (Å²) in [7, 11) is 0. The number of carboxylic acid groups (broad SMARTS) is 1. The smallest absolute Gasteiger partial charge is 0.307 e. The molecule has 2 rings (SSSR count). The van der Waals surface area contributed by atoms with Gasteiger partial charge in [-0.15, -0.1) is 0 Å². The summed E-state index contributed by atoms with van der Waals surface area (Å²) in [5.41, 5.74) is 0. The monoisotopic (exact) mass is 282 g/mol. The van der Waals surface area contributed by atoms with Gasteiger partial charge in [-0.05, 0) is 25.2 Å². The van der Waals surface area contributed by atoms with E-state index in [0.717, 1.165) is 0 Å². The number of nitrogens with one attached hydrogen (secondary N) is 1. The second-order valence-electron chi connectivity index (χ2n) is 5.87. The summed E-state index contributed by atoms with van der Waals surface area (Å²) in [6, 6.07) is -0.457. The first-order chi connectivity index (χ1) is 9.45. The number of carbonyl (C=O) groups excluding carboxylic acids is 2. The van der Waals surface area contributed by atoms with Crippen molar-refractivity contribution in [1.29, 1.82) is 0 Å². The zero-order chi connectivity index (χ0) is 14.9. The highest BCUT2D eigenvalue weighted by Gasteiger charge is 2.45. The molecule has 1 heterocycles. The molecule has 0 aromatic carbocycles. The van der Waals surface area contributed by atoms with E-state index in [4.69, 9.17) is 0 Å². The SMILES string of the molecule is CCC1C(=O)NCCN1C(=O)C1CC(C)CC1C(=O)O. The van der Waals surface area contributed by atoms with Crippen LogP contribution in [0.3, 0.4) is 0 Å². The molecular weight excluding hydrogens is 260 g/mol. The van der Waals surface area contributed by atoms with Crippen molar-refractivity contribution in [2.45, 2.75) is 39.2 Å². The van der Waals surface area contributed by atoms with Crippen LogP contribution in [0.2, 0.25) is 0 Å². The van der Waals surface area contributed by atoms with E-state index in [2.05, 4.69) is 5.32 Å². The fraction of sp³-hybridized carbons (Fsp3) is 0.786. The van der Waals surface area contributed by atoms with Gasteiger partial charge >= 0.3 is 5.97 Å².